The Bertz CT molecular complexity index is 1260. The monoisotopic (exact) mass is 469 g/mol. The highest BCUT2D eigenvalue weighted by Crippen LogP contribution is 2.26. The molecule has 0 aliphatic rings. The predicted octanol–water partition coefficient (Wildman–Crippen LogP) is 6.57. The van der Waals surface area contributed by atoms with Crippen LogP contribution in [0.4, 0.5) is 0 Å². The van der Waals surface area contributed by atoms with Gasteiger partial charge in [0.25, 0.3) is 5.91 Å². The molecule has 0 saturated heterocycles. The predicted molar refractivity (Wildman–Crippen MR) is 127 cm³/mol. The summed E-state index contributed by atoms with van der Waals surface area (Å²) in [6.07, 6.45) is 0. The normalized spacial score (nSPS) is 10.3. The third kappa shape index (κ3) is 5.49. The van der Waals surface area contributed by atoms with Crippen LogP contribution in [0.5, 0.6) is 11.5 Å². The molecule has 0 aliphatic heterocycles. The van der Waals surface area contributed by atoms with Crippen molar-refractivity contribution in [3.8, 4) is 11.5 Å². The van der Waals surface area contributed by atoms with Crippen LogP contribution in [0.15, 0.2) is 72.8 Å². The van der Waals surface area contributed by atoms with Gasteiger partial charge in [-0.25, -0.2) is 0 Å². The number of nitrogens with zero attached hydrogens (tertiary/aromatic N) is 1. The van der Waals surface area contributed by atoms with Gasteiger partial charge in [-0.3, -0.25) is 14.2 Å². The number of carbonyl (C=O) groups excluding carboxylic acids is 2. The van der Waals surface area contributed by atoms with Gasteiger partial charge >= 0.3 is 5.97 Å². The van der Waals surface area contributed by atoms with Crippen LogP contribution in [0, 0.1) is 6.92 Å². The van der Waals surface area contributed by atoms with E-state index in [9.17, 15) is 9.59 Å². The molecule has 4 aromatic rings. The van der Waals surface area contributed by atoms with Crippen LogP contribution < -0.4 is 9.47 Å². The number of fused-ring (bicyclic) bond motifs is 1. The fourth-order valence-corrected chi connectivity index (χ4v) is 3.43. The van der Waals surface area contributed by atoms with Crippen molar-refractivity contribution in [1.29, 1.82) is 0 Å². The van der Waals surface area contributed by atoms with E-state index in [2.05, 4.69) is 0 Å². The number of halogens is 2. The van der Waals surface area contributed by atoms with Crippen LogP contribution >= 0.6 is 23.2 Å². The third-order valence-electron chi connectivity index (χ3n) is 4.58. The van der Waals surface area contributed by atoms with Crippen LogP contribution in [0.1, 0.15) is 23.0 Å². The Balaban J connectivity index is 0.000000222. The summed E-state index contributed by atoms with van der Waals surface area (Å²) in [4.78, 5) is 23.2. The van der Waals surface area contributed by atoms with Crippen LogP contribution in [-0.2, 0) is 4.79 Å². The Labute approximate surface area is 196 Å². The molecule has 0 N–H and O–H groups in total. The maximum Gasteiger partial charge on any atom is 0.308 e. The first-order valence-electron chi connectivity index (χ1n) is 9.69. The molecule has 0 unspecified atom stereocenters. The fourth-order valence-electron chi connectivity index (χ4n) is 3.13. The van der Waals surface area contributed by atoms with E-state index in [1.165, 1.54) is 6.92 Å². The van der Waals surface area contributed by atoms with Gasteiger partial charge in [0.2, 0.25) is 0 Å². The van der Waals surface area contributed by atoms with Gasteiger partial charge in [-0.2, -0.15) is 0 Å². The molecule has 0 amide bonds. The lowest BCUT2D eigenvalue weighted by Gasteiger charge is -2.07. The Kier molecular flexibility index (Phi) is 7.57. The quantitative estimate of drug-likeness (QED) is 0.251. The smallest absolute Gasteiger partial charge is 0.308 e. The third-order valence-corrected chi connectivity index (χ3v) is 5.14. The van der Waals surface area contributed by atoms with Crippen molar-refractivity contribution >= 4 is 46.0 Å². The lowest BCUT2D eigenvalue weighted by molar-refractivity contribution is -0.131. The van der Waals surface area contributed by atoms with Crippen LogP contribution in [0.2, 0.25) is 10.0 Å². The minimum Gasteiger partial charge on any atom is -0.497 e. The molecule has 5 nitrogen and oxygen atoms in total. The van der Waals surface area contributed by atoms with Gasteiger partial charge in [0.1, 0.15) is 11.5 Å². The average molecular weight is 470 g/mol. The summed E-state index contributed by atoms with van der Waals surface area (Å²) in [5.74, 6) is 0.752. The minimum absolute atomic E-state index is 0.0654. The summed E-state index contributed by atoms with van der Waals surface area (Å²) >= 11 is 11.6. The van der Waals surface area contributed by atoms with E-state index in [4.69, 9.17) is 32.7 Å². The molecular formula is C25H21Cl2NO4. The van der Waals surface area contributed by atoms with E-state index in [1.807, 2.05) is 31.2 Å². The number of ether oxygens (including phenoxy) is 2. The van der Waals surface area contributed by atoms with E-state index in [1.54, 1.807) is 60.2 Å². The summed E-state index contributed by atoms with van der Waals surface area (Å²) in [6.45, 7) is 3.25. The zero-order valence-electron chi connectivity index (χ0n) is 17.8. The topological polar surface area (TPSA) is 57.5 Å². The van der Waals surface area contributed by atoms with E-state index in [0.29, 0.717) is 21.4 Å². The molecule has 164 valence electrons. The molecule has 1 heterocycles. The van der Waals surface area contributed by atoms with E-state index < -0.39 is 0 Å². The summed E-state index contributed by atoms with van der Waals surface area (Å²) in [5.41, 5.74) is 2.36. The van der Waals surface area contributed by atoms with Crippen molar-refractivity contribution in [2.24, 2.45) is 0 Å². The highest BCUT2D eigenvalue weighted by molar-refractivity contribution is 6.32. The first-order valence-corrected chi connectivity index (χ1v) is 10.4. The second-order valence-corrected chi connectivity index (χ2v) is 7.73. The van der Waals surface area contributed by atoms with Crippen molar-refractivity contribution in [2.75, 3.05) is 7.11 Å². The zero-order chi connectivity index (χ0) is 23.3. The number of aromatic nitrogens is 1. The number of esters is 1. The molecule has 0 atom stereocenters. The van der Waals surface area contributed by atoms with E-state index in [0.717, 1.165) is 22.3 Å². The standard InChI is InChI=1S/C17H14ClNO2.C8H7ClO2/c1-11-9-13-10-15(21-2)7-8-16(13)19(11)17(20)12-3-5-14(18)6-4-12;1-6(10)11-8-5-3-2-4-7(8)9/h3-10H,1-2H3;2-5H,1H3. The Morgan fingerprint density at radius 3 is 2.22 bits per heavy atom. The summed E-state index contributed by atoms with van der Waals surface area (Å²) in [6, 6.07) is 21.4. The number of hydrogen-bond donors (Lipinski definition) is 0. The Morgan fingerprint density at radius 1 is 0.906 bits per heavy atom. The zero-order valence-corrected chi connectivity index (χ0v) is 19.3. The van der Waals surface area contributed by atoms with E-state index >= 15 is 0 Å². The molecule has 3 aromatic carbocycles. The molecule has 0 saturated carbocycles. The van der Waals surface area contributed by atoms with Gasteiger partial charge in [-0.1, -0.05) is 35.3 Å². The van der Waals surface area contributed by atoms with Crippen molar-refractivity contribution in [2.45, 2.75) is 13.8 Å². The number of methoxy groups -OCH3 is 1. The highest BCUT2D eigenvalue weighted by atomic mass is 35.5. The lowest BCUT2D eigenvalue weighted by atomic mass is 10.2. The number of carbonyl (C=O) groups is 2. The van der Waals surface area contributed by atoms with Crippen molar-refractivity contribution in [3.05, 3.63) is 94.1 Å². The largest absolute Gasteiger partial charge is 0.497 e. The Morgan fingerprint density at radius 2 is 1.59 bits per heavy atom. The Hall–Kier alpha value is -3.28. The molecule has 0 spiro atoms. The summed E-state index contributed by atoms with van der Waals surface area (Å²) in [7, 11) is 1.63. The van der Waals surface area contributed by atoms with E-state index in [-0.39, 0.29) is 11.9 Å². The SMILES string of the molecule is CC(=O)Oc1ccccc1Cl.COc1ccc2c(c1)cc(C)n2C(=O)c1ccc(Cl)cc1. The second kappa shape index (κ2) is 10.4. The molecular weight excluding hydrogens is 449 g/mol. The van der Waals surface area contributed by atoms with Crippen LogP contribution in [0.25, 0.3) is 10.9 Å². The molecule has 7 heteroatoms. The van der Waals surface area contributed by atoms with Crippen molar-refractivity contribution < 1.29 is 19.1 Å². The fraction of sp³-hybridized carbons (Fsp3) is 0.120. The second-order valence-electron chi connectivity index (χ2n) is 6.88. The van der Waals surface area contributed by atoms with Gasteiger partial charge in [0.05, 0.1) is 17.6 Å². The van der Waals surface area contributed by atoms with Crippen molar-refractivity contribution in [1.82, 2.24) is 4.57 Å². The highest BCUT2D eigenvalue weighted by Gasteiger charge is 2.15. The molecule has 32 heavy (non-hydrogen) atoms. The van der Waals surface area contributed by atoms with Crippen molar-refractivity contribution in [3.63, 3.8) is 0 Å². The molecule has 4 rings (SSSR count). The number of para-hydroxylation sites is 1. The van der Waals surface area contributed by atoms with Gasteiger partial charge < -0.3 is 9.47 Å². The van der Waals surface area contributed by atoms with Gasteiger partial charge in [0.15, 0.2) is 0 Å². The molecule has 1 aromatic heterocycles. The minimum atomic E-state index is -0.363. The van der Waals surface area contributed by atoms with Crippen LogP contribution in [0.3, 0.4) is 0 Å². The number of hydrogen-bond acceptors (Lipinski definition) is 4. The maximum atomic E-state index is 12.7. The van der Waals surface area contributed by atoms with Gasteiger partial charge in [0, 0.05) is 28.6 Å². The molecule has 0 fully saturated rings. The number of rotatable bonds is 3. The van der Waals surface area contributed by atoms with Gasteiger partial charge in [-0.05, 0) is 67.6 Å². The number of benzene rings is 3. The first-order chi connectivity index (χ1) is 15.3. The summed E-state index contributed by atoms with van der Waals surface area (Å²) < 4.78 is 11.7. The summed E-state index contributed by atoms with van der Waals surface area (Å²) in [5, 5.41) is 2.04. The lowest BCUT2D eigenvalue weighted by Crippen LogP contribution is -2.13. The maximum absolute atomic E-state index is 12.7. The molecule has 0 aliphatic carbocycles. The molecule has 0 radical (unpaired) electrons. The van der Waals surface area contributed by atoms with Gasteiger partial charge in [-0.15, -0.1) is 0 Å². The average Bonchev–Trinajstić information content (AvgIpc) is 3.10. The number of aryl methyl sites for hydroxylation is 1. The van der Waals surface area contributed by atoms with Crippen LogP contribution in [-0.4, -0.2) is 23.6 Å². The molecule has 0 bridgehead atoms. The first kappa shape index (κ1) is 23.4.